The van der Waals surface area contributed by atoms with Crippen molar-refractivity contribution in [2.75, 3.05) is 13.7 Å². The van der Waals surface area contributed by atoms with E-state index >= 15 is 0 Å². The standard InChI is InChI=1S/C37H40O8/c1-22(2)35-18-24(4)37-29(33(35)43-36(44-35,45-37)20-26-9-7-6-8-10-26)16-27(19-34(40)30(37)15-23(3)32(34)39)21-42-31(38)17-25-11-13-28(41-5)14-12-25/h6-16,24,29-30,33,40H,1,17-21H2,2-5H3/t24-,29+,30-,33?,34-,35-,36-,37-/m1/s1. The maximum atomic E-state index is 13.8. The molecule has 1 unspecified atom stereocenters. The second kappa shape index (κ2) is 10.5. The monoisotopic (exact) mass is 612 g/mol. The fourth-order valence-corrected chi connectivity index (χ4v) is 8.62. The van der Waals surface area contributed by atoms with Gasteiger partial charge in [-0.2, -0.15) is 0 Å². The fraction of sp³-hybridized carbons (Fsp3) is 0.459. The van der Waals surface area contributed by atoms with Crippen LogP contribution in [0.2, 0.25) is 0 Å². The van der Waals surface area contributed by atoms with Gasteiger partial charge in [0.25, 0.3) is 5.97 Å². The number of aliphatic hydroxyl groups is 1. The van der Waals surface area contributed by atoms with Gasteiger partial charge in [0, 0.05) is 18.3 Å². The fourth-order valence-electron chi connectivity index (χ4n) is 8.62. The smallest absolute Gasteiger partial charge is 0.310 e. The first-order valence-corrected chi connectivity index (χ1v) is 15.7. The minimum Gasteiger partial charge on any atom is -0.497 e. The van der Waals surface area contributed by atoms with Gasteiger partial charge in [-0.3, -0.25) is 9.59 Å². The number of esters is 1. The van der Waals surface area contributed by atoms with Crippen molar-refractivity contribution in [3.8, 4) is 5.75 Å². The van der Waals surface area contributed by atoms with Gasteiger partial charge in [0.05, 0.1) is 25.6 Å². The van der Waals surface area contributed by atoms with Crippen LogP contribution in [-0.2, 0) is 41.4 Å². The molecule has 0 aromatic heterocycles. The van der Waals surface area contributed by atoms with Crippen molar-refractivity contribution in [3.63, 3.8) is 0 Å². The maximum Gasteiger partial charge on any atom is 0.310 e. The molecule has 1 saturated carbocycles. The Bertz CT molecular complexity index is 1610. The third kappa shape index (κ3) is 4.48. The molecule has 2 heterocycles. The first kappa shape index (κ1) is 30.1. The van der Waals surface area contributed by atoms with Gasteiger partial charge in [0.2, 0.25) is 0 Å². The van der Waals surface area contributed by atoms with Gasteiger partial charge in [-0.25, -0.2) is 0 Å². The molecule has 8 heteroatoms. The van der Waals surface area contributed by atoms with Crippen LogP contribution in [0.15, 0.2) is 90.0 Å². The summed E-state index contributed by atoms with van der Waals surface area (Å²) in [6.45, 7) is 10.1. The average Bonchev–Trinajstić information content (AvgIpc) is 3.32. The summed E-state index contributed by atoms with van der Waals surface area (Å²) >= 11 is 0. The van der Waals surface area contributed by atoms with E-state index in [9.17, 15) is 14.7 Å². The first-order chi connectivity index (χ1) is 21.4. The molecular weight excluding hydrogens is 572 g/mol. The molecule has 2 saturated heterocycles. The van der Waals surface area contributed by atoms with E-state index in [1.165, 1.54) is 0 Å². The number of Topliss-reactive ketones (excluding diaryl/α,β-unsaturated/α-hetero) is 1. The maximum absolute atomic E-state index is 13.8. The Morgan fingerprint density at radius 1 is 1.07 bits per heavy atom. The number of fused-ring (bicyclic) bond motifs is 2. The zero-order valence-corrected chi connectivity index (χ0v) is 26.2. The molecule has 0 radical (unpaired) electrons. The van der Waals surface area contributed by atoms with Gasteiger partial charge in [-0.1, -0.05) is 68.1 Å². The van der Waals surface area contributed by atoms with Crippen LogP contribution in [0.4, 0.5) is 0 Å². The quantitative estimate of drug-likeness (QED) is 0.327. The zero-order chi connectivity index (χ0) is 31.8. The van der Waals surface area contributed by atoms with Crippen LogP contribution >= 0.6 is 0 Å². The van der Waals surface area contributed by atoms with Crippen LogP contribution in [0, 0.1) is 17.8 Å². The van der Waals surface area contributed by atoms with Gasteiger partial charge in [0.15, 0.2) is 5.78 Å². The summed E-state index contributed by atoms with van der Waals surface area (Å²) in [4.78, 5) is 26.7. The summed E-state index contributed by atoms with van der Waals surface area (Å²) < 4.78 is 31.9. The van der Waals surface area contributed by atoms with Crippen molar-refractivity contribution in [2.45, 2.75) is 75.3 Å². The van der Waals surface area contributed by atoms with E-state index in [0.717, 1.165) is 16.7 Å². The lowest BCUT2D eigenvalue weighted by atomic mass is 9.55. The van der Waals surface area contributed by atoms with Crippen molar-refractivity contribution in [1.29, 1.82) is 0 Å². The van der Waals surface area contributed by atoms with Gasteiger partial charge in [-0.05, 0) is 66.2 Å². The number of benzene rings is 2. The number of hydrogen-bond donors (Lipinski definition) is 1. The van der Waals surface area contributed by atoms with Crippen molar-refractivity contribution >= 4 is 11.8 Å². The number of methoxy groups -OCH3 is 1. The third-order valence-corrected chi connectivity index (χ3v) is 10.7. The summed E-state index contributed by atoms with van der Waals surface area (Å²) in [7, 11) is 1.59. The van der Waals surface area contributed by atoms with E-state index in [-0.39, 0.29) is 31.1 Å². The first-order valence-electron chi connectivity index (χ1n) is 15.7. The number of ketones is 1. The van der Waals surface area contributed by atoms with Gasteiger partial charge in [-0.15, -0.1) is 0 Å². The molecule has 7 rings (SSSR count). The average molecular weight is 613 g/mol. The molecule has 45 heavy (non-hydrogen) atoms. The summed E-state index contributed by atoms with van der Waals surface area (Å²) in [6.07, 6.45) is 4.42. The highest BCUT2D eigenvalue weighted by molar-refractivity contribution is 6.04. The Balaban J connectivity index is 1.27. The molecule has 2 aliphatic heterocycles. The summed E-state index contributed by atoms with van der Waals surface area (Å²) in [5, 5.41) is 12.4. The van der Waals surface area contributed by atoms with Crippen LogP contribution in [0.25, 0.3) is 0 Å². The molecule has 0 amide bonds. The van der Waals surface area contributed by atoms with Crippen LogP contribution in [-0.4, -0.2) is 59.5 Å². The molecule has 2 aromatic rings. The number of ether oxygens (including phenoxy) is 5. The highest BCUT2D eigenvalue weighted by atomic mass is 16.9. The SMILES string of the molecule is C=C(C)[C@]12C[C@@H](C)[C@@]34O[C@](Cc5ccccc5)(OC1[C@@H]3C=C(COC(=O)Cc1ccc(OC)cc1)C[C@]1(O)C(=O)C(C)=C[C@@H]41)O2. The van der Waals surface area contributed by atoms with E-state index in [1.807, 2.05) is 61.5 Å². The predicted octanol–water partition coefficient (Wildman–Crippen LogP) is 5.04. The second-order valence-corrected chi connectivity index (χ2v) is 13.5. The third-order valence-electron chi connectivity index (χ3n) is 10.7. The van der Waals surface area contributed by atoms with Gasteiger partial charge in [0.1, 0.15) is 29.7 Å². The van der Waals surface area contributed by atoms with Gasteiger partial charge < -0.3 is 28.8 Å². The Labute approximate surface area is 263 Å². The normalized spacial score (nSPS) is 37.7. The number of rotatable bonds is 8. The largest absolute Gasteiger partial charge is 0.497 e. The molecule has 2 aromatic carbocycles. The molecule has 3 fully saturated rings. The molecule has 5 aliphatic rings. The topological polar surface area (TPSA) is 101 Å². The van der Waals surface area contributed by atoms with Crippen molar-refractivity contribution in [3.05, 3.63) is 101 Å². The molecule has 8 nitrogen and oxygen atoms in total. The predicted molar refractivity (Wildman–Crippen MR) is 165 cm³/mol. The molecule has 0 spiro atoms. The van der Waals surface area contributed by atoms with E-state index in [2.05, 4.69) is 13.5 Å². The number of hydrogen-bond acceptors (Lipinski definition) is 8. The van der Waals surface area contributed by atoms with E-state index in [0.29, 0.717) is 29.7 Å². The Morgan fingerprint density at radius 3 is 2.49 bits per heavy atom. The number of carbonyl (C=O) groups excluding carboxylic acids is 2. The minimum atomic E-state index is -1.77. The Morgan fingerprint density at radius 2 is 1.80 bits per heavy atom. The molecule has 1 N–H and O–H groups in total. The second-order valence-electron chi connectivity index (χ2n) is 13.5. The molecular formula is C37H40O8. The van der Waals surface area contributed by atoms with Crippen molar-refractivity contribution < 1.29 is 38.4 Å². The van der Waals surface area contributed by atoms with Crippen LogP contribution in [0.3, 0.4) is 0 Å². The molecule has 3 bridgehead atoms. The molecule has 236 valence electrons. The lowest BCUT2D eigenvalue weighted by Gasteiger charge is -2.59. The Hall–Kier alpha value is -3.56. The summed E-state index contributed by atoms with van der Waals surface area (Å²) in [5.41, 5.74) is 0.124. The van der Waals surface area contributed by atoms with Crippen molar-refractivity contribution in [2.24, 2.45) is 17.8 Å². The molecule has 3 aliphatic carbocycles. The number of carbonyl (C=O) groups is 2. The zero-order valence-electron chi connectivity index (χ0n) is 26.2. The minimum absolute atomic E-state index is 0.0216. The Kier molecular flexibility index (Phi) is 7.02. The van der Waals surface area contributed by atoms with Crippen LogP contribution in [0.5, 0.6) is 5.75 Å². The van der Waals surface area contributed by atoms with Crippen molar-refractivity contribution in [1.82, 2.24) is 0 Å². The van der Waals surface area contributed by atoms with Gasteiger partial charge >= 0.3 is 5.97 Å². The lowest BCUT2D eigenvalue weighted by Crippen LogP contribution is -2.70. The van der Waals surface area contributed by atoms with E-state index in [4.69, 9.17) is 23.7 Å². The van der Waals surface area contributed by atoms with Crippen LogP contribution in [0.1, 0.15) is 44.7 Å². The highest BCUT2D eigenvalue weighted by Crippen LogP contribution is 2.68. The van der Waals surface area contributed by atoms with Crippen LogP contribution < -0.4 is 4.74 Å². The van der Waals surface area contributed by atoms with E-state index in [1.54, 1.807) is 26.2 Å². The summed E-state index contributed by atoms with van der Waals surface area (Å²) in [6, 6.07) is 17.1. The highest BCUT2D eigenvalue weighted by Gasteiger charge is 2.79. The molecule has 8 atom stereocenters. The lowest BCUT2D eigenvalue weighted by molar-refractivity contribution is -0.421. The van der Waals surface area contributed by atoms with E-state index < -0.39 is 46.7 Å². The summed E-state index contributed by atoms with van der Waals surface area (Å²) in [5.74, 6) is -2.68.